The third-order valence-corrected chi connectivity index (χ3v) is 5.20. The summed E-state index contributed by atoms with van der Waals surface area (Å²) in [6.07, 6.45) is 5.23. The molecule has 27 heavy (non-hydrogen) atoms. The summed E-state index contributed by atoms with van der Waals surface area (Å²) in [6, 6.07) is 7.72. The van der Waals surface area contributed by atoms with E-state index in [1.807, 2.05) is 29.2 Å². The number of carbonyl (C=O) groups excluding carboxylic acids is 1. The Bertz CT molecular complexity index is 784. The van der Waals surface area contributed by atoms with Crippen molar-refractivity contribution in [3.63, 3.8) is 0 Å². The fourth-order valence-electron chi connectivity index (χ4n) is 3.46. The van der Waals surface area contributed by atoms with Crippen molar-refractivity contribution in [3.8, 4) is 5.75 Å². The zero-order valence-electron chi connectivity index (χ0n) is 16.5. The number of carbonyl (C=O) groups is 1. The lowest BCUT2D eigenvalue weighted by Crippen LogP contribution is -2.49. The Labute approximate surface area is 160 Å². The number of ether oxygens (including phenoxy) is 2. The van der Waals surface area contributed by atoms with Gasteiger partial charge >= 0.3 is 0 Å². The first-order valence-electron chi connectivity index (χ1n) is 9.39. The Balaban J connectivity index is 1.80. The second-order valence-electron chi connectivity index (χ2n) is 7.38. The van der Waals surface area contributed by atoms with E-state index >= 15 is 0 Å². The van der Waals surface area contributed by atoms with Gasteiger partial charge in [-0.05, 0) is 39.2 Å². The van der Waals surface area contributed by atoms with E-state index in [-0.39, 0.29) is 11.9 Å². The van der Waals surface area contributed by atoms with E-state index < -0.39 is 5.60 Å². The Morgan fingerprint density at radius 3 is 2.81 bits per heavy atom. The number of oxazole rings is 1. The zero-order chi connectivity index (χ0) is 19.4. The normalized spacial score (nSPS) is 17.8. The Morgan fingerprint density at radius 2 is 2.07 bits per heavy atom. The molecule has 0 aliphatic carbocycles. The van der Waals surface area contributed by atoms with Gasteiger partial charge in [-0.1, -0.05) is 18.2 Å². The monoisotopic (exact) mass is 372 g/mol. The molecule has 0 spiro atoms. The van der Waals surface area contributed by atoms with Gasteiger partial charge in [-0.2, -0.15) is 0 Å². The highest BCUT2D eigenvalue weighted by Gasteiger charge is 2.39. The highest BCUT2D eigenvalue weighted by atomic mass is 16.5. The first kappa shape index (κ1) is 19.4. The van der Waals surface area contributed by atoms with Gasteiger partial charge in [0, 0.05) is 25.6 Å². The standard InChI is InChI=1S/C21H28N2O4/c1-21(2,26-4)20(24)23-12-8-7-10-17(23)19-22-14-16(27-19)13-15-9-5-6-11-18(15)25-3/h5-6,9,11,14,17H,7-8,10,12-13H2,1-4H3/t17-/m0/s1. The summed E-state index contributed by atoms with van der Waals surface area (Å²) in [5.41, 5.74) is 0.183. The van der Waals surface area contributed by atoms with Crippen LogP contribution in [0, 0.1) is 0 Å². The van der Waals surface area contributed by atoms with Crippen molar-refractivity contribution in [2.24, 2.45) is 0 Å². The topological polar surface area (TPSA) is 64.8 Å². The van der Waals surface area contributed by atoms with Gasteiger partial charge in [0.05, 0.1) is 13.3 Å². The van der Waals surface area contributed by atoms with E-state index in [4.69, 9.17) is 13.9 Å². The first-order chi connectivity index (χ1) is 13.0. The summed E-state index contributed by atoms with van der Waals surface area (Å²) in [4.78, 5) is 19.3. The van der Waals surface area contributed by atoms with Crippen LogP contribution in [0.15, 0.2) is 34.9 Å². The molecule has 3 rings (SSSR count). The molecule has 2 aromatic rings. The van der Waals surface area contributed by atoms with Crippen LogP contribution in [-0.2, 0) is 16.0 Å². The van der Waals surface area contributed by atoms with Crippen LogP contribution < -0.4 is 4.74 Å². The van der Waals surface area contributed by atoms with Crippen molar-refractivity contribution < 1.29 is 18.7 Å². The molecule has 2 heterocycles. The number of piperidine rings is 1. The van der Waals surface area contributed by atoms with E-state index in [9.17, 15) is 4.79 Å². The van der Waals surface area contributed by atoms with Gasteiger partial charge in [0.15, 0.2) is 0 Å². The molecular formula is C21H28N2O4. The molecule has 1 fully saturated rings. The second kappa shape index (κ2) is 8.13. The molecule has 6 nitrogen and oxygen atoms in total. The maximum absolute atomic E-state index is 12.9. The number of amides is 1. The van der Waals surface area contributed by atoms with Crippen molar-refractivity contribution in [1.82, 2.24) is 9.88 Å². The molecule has 0 N–H and O–H groups in total. The molecule has 1 atom stereocenters. The van der Waals surface area contributed by atoms with E-state index in [0.29, 0.717) is 18.9 Å². The molecule has 1 aromatic heterocycles. The quantitative estimate of drug-likeness (QED) is 0.773. The molecule has 1 aliphatic rings. The zero-order valence-corrected chi connectivity index (χ0v) is 16.5. The van der Waals surface area contributed by atoms with Crippen LogP contribution in [0.1, 0.15) is 56.4 Å². The lowest BCUT2D eigenvalue weighted by Gasteiger charge is -2.38. The Hall–Kier alpha value is -2.34. The molecule has 146 valence electrons. The summed E-state index contributed by atoms with van der Waals surface area (Å²) in [5.74, 6) is 2.16. The maximum Gasteiger partial charge on any atom is 0.254 e. The lowest BCUT2D eigenvalue weighted by atomic mass is 9.98. The highest BCUT2D eigenvalue weighted by Crippen LogP contribution is 2.33. The first-order valence-corrected chi connectivity index (χ1v) is 9.39. The summed E-state index contributed by atoms with van der Waals surface area (Å²) in [5, 5.41) is 0. The van der Waals surface area contributed by atoms with Crippen LogP contribution in [0.3, 0.4) is 0 Å². The molecular weight excluding hydrogens is 344 g/mol. The summed E-state index contributed by atoms with van der Waals surface area (Å²) in [6.45, 7) is 4.29. The van der Waals surface area contributed by atoms with Gasteiger partial charge in [0.2, 0.25) is 5.89 Å². The third-order valence-electron chi connectivity index (χ3n) is 5.20. The number of rotatable bonds is 6. The average Bonchev–Trinajstić information content (AvgIpc) is 3.16. The number of likely N-dealkylation sites (tertiary alicyclic amines) is 1. The predicted octanol–water partition coefficient (Wildman–Crippen LogP) is 3.75. The molecule has 1 saturated heterocycles. The van der Waals surface area contributed by atoms with E-state index in [2.05, 4.69) is 4.98 Å². The predicted molar refractivity (Wildman–Crippen MR) is 102 cm³/mol. The van der Waals surface area contributed by atoms with Crippen molar-refractivity contribution in [2.75, 3.05) is 20.8 Å². The highest BCUT2D eigenvalue weighted by molar-refractivity contribution is 5.84. The van der Waals surface area contributed by atoms with Gasteiger partial charge in [-0.3, -0.25) is 4.79 Å². The lowest BCUT2D eigenvalue weighted by molar-refractivity contribution is -0.155. The summed E-state index contributed by atoms with van der Waals surface area (Å²) >= 11 is 0. The van der Waals surface area contributed by atoms with Crippen LogP contribution >= 0.6 is 0 Å². The number of methoxy groups -OCH3 is 2. The van der Waals surface area contributed by atoms with E-state index in [1.54, 1.807) is 34.3 Å². The molecule has 0 saturated carbocycles. The van der Waals surface area contributed by atoms with Crippen LogP contribution in [0.2, 0.25) is 0 Å². The number of hydrogen-bond donors (Lipinski definition) is 0. The Morgan fingerprint density at radius 1 is 1.30 bits per heavy atom. The molecule has 1 amide bonds. The number of benzene rings is 1. The third kappa shape index (κ3) is 4.16. The largest absolute Gasteiger partial charge is 0.496 e. The van der Waals surface area contributed by atoms with Gasteiger partial charge in [-0.25, -0.2) is 4.98 Å². The fourth-order valence-corrected chi connectivity index (χ4v) is 3.46. The van der Waals surface area contributed by atoms with Crippen LogP contribution in [-0.4, -0.2) is 42.2 Å². The average molecular weight is 372 g/mol. The van der Waals surface area contributed by atoms with Gasteiger partial charge in [-0.15, -0.1) is 0 Å². The maximum atomic E-state index is 12.9. The number of nitrogens with zero attached hydrogens (tertiary/aromatic N) is 2. The fraction of sp³-hybridized carbons (Fsp3) is 0.524. The molecule has 0 bridgehead atoms. The van der Waals surface area contributed by atoms with E-state index in [0.717, 1.165) is 36.3 Å². The molecule has 6 heteroatoms. The minimum absolute atomic E-state index is 0.0285. The molecule has 1 aromatic carbocycles. The SMILES string of the molecule is COc1ccccc1Cc1cnc([C@@H]2CCCCN2C(=O)C(C)(C)OC)o1. The van der Waals surface area contributed by atoms with Crippen molar-refractivity contribution in [3.05, 3.63) is 47.7 Å². The minimum Gasteiger partial charge on any atom is -0.496 e. The number of hydrogen-bond acceptors (Lipinski definition) is 5. The van der Waals surface area contributed by atoms with Crippen molar-refractivity contribution in [2.45, 2.75) is 51.2 Å². The van der Waals surface area contributed by atoms with Crippen LogP contribution in [0.4, 0.5) is 0 Å². The second-order valence-corrected chi connectivity index (χ2v) is 7.38. The van der Waals surface area contributed by atoms with Gasteiger partial charge in [0.25, 0.3) is 5.91 Å². The van der Waals surface area contributed by atoms with Crippen molar-refractivity contribution >= 4 is 5.91 Å². The summed E-state index contributed by atoms with van der Waals surface area (Å²) in [7, 11) is 3.22. The molecule has 1 aliphatic heterocycles. The molecule has 0 radical (unpaired) electrons. The van der Waals surface area contributed by atoms with Crippen molar-refractivity contribution in [1.29, 1.82) is 0 Å². The minimum atomic E-state index is -0.859. The van der Waals surface area contributed by atoms with E-state index in [1.165, 1.54) is 0 Å². The van der Waals surface area contributed by atoms with Crippen LogP contribution in [0.25, 0.3) is 0 Å². The smallest absolute Gasteiger partial charge is 0.254 e. The Kier molecular flexibility index (Phi) is 5.85. The van der Waals surface area contributed by atoms with Gasteiger partial charge in [0.1, 0.15) is 23.2 Å². The molecule has 0 unspecified atom stereocenters. The van der Waals surface area contributed by atoms with Crippen LogP contribution in [0.5, 0.6) is 5.75 Å². The number of aromatic nitrogens is 1. The summed E-state index contributed by atoms with van der Waals surface area (Å²) < 4.78 is 16.9. The van der Waals surface area contributed by atoms with Gasteiger partial charge < -0.3 is 18.8 Å². The number of para-hydroxylation sites is 1.